The minimum Gasteiger partial charge on any atom is -0.449 e. The molecule has 1 saturated heterocycles. The van der Waals surface area contributed by atoms with Crippen molar-refractivity contribution in [3.05, 3.63) is 0 Å². The molecule has 450 valence electrons. The summed E-state index contributed by atoms with van der Waals surface area (Å²) in [4.78, 5) is 44.3. The highest BCUT2D eigenvalue weighted by atomic mass is 16.6. The standard InChI is InChI=1S/C68H134N4O4/c1-5-9-13-17-19-21-23-29-35-43-54-64(52-41-15-11-7-3)66(73)69-56-45-37-31-25-27-33-39-47-61-72(68(75)76-63-51-60-71-58-49-50-59-71)62-48-40-34-28-26-32-38-46-57-70-67(74)65(53-42-16-12-8-4)55-44-36-30-24-22-20-18-14-10-6-2/h64-65H,5-63H2,1-4H3,(H,69,73)(H,70,74). The Balaban J connectivity index is 2.29. The van der Waals surface area contributed by atoms with E-state index >= 15 is 0 Å². The van der Waals surface area contributed by atoms with Crippen molar-refractivity contribution in [2.75, 3.05) is 52.4 Å². The van der Waals surface area contributed by atoms with E-state index < -0.39 is 0 Å². The van der Waals surface area contributed by atoms with Crippen molar-refractivity contribution in [1.82, 2.24) is 20.4 Å². The molecule has 1 fully saturated rings. The molecule has 8 heteroatoms. The van der Waals surface area contributed by atoms with Gasteiger partial charge in [-0.25, -0.2) is 4.79 Å². The number of carbonyl (C=O) groups is 3. The Morgan fingerprint density at radius 1 is 0.368 bits per heavy atom. The Hall–Kier alpha value is -1.83. The number of unbranched alkanes of at least 4 members (excludes halogenated alkanes) is 38. The first-order chi connectivity index (χ1) is 37.5. The fraction of sp³-hybridized carbons (Fsp3) is 0.956. The maximum atomic E-state index is 13.3. The number of ether oxygens (including phenoxy) is 1. The zero-order valence-corrected chi connectivity index (χ0v) is 51.9. The van der Waals surface area contributed by atoms with Gasteiger partial charge >= 0.3 is 6.09 Å². The quantitative estimate of drug-likeness (QED) is 0.0592. The third kappa shape index (κ3) is 47.0. The summed E-state index contributed by atoms with van der Waals surface area (Å²) >= 11 is 0. The topological polar surface area (TPSA) is 91.0 Å². The molecule has 0 bridgehead atoms. The Morgan fingerprint density at radius 3 is 0.974 bits per heavy atom. The molecule has 0 aromatic rings. The summed E-state index contributed by atoms with van der Waals surface area (Å²) in [5, 5.41) is 6.68. The van der Waals surface area contributed by atoms with Crippen LogP contribution in [-0.2, 0) is 14.3 Å². The number of nitrogens with zero attached hydrogens (tertiary/aromatic N) is 2. The largest absolute Gasteiger partial charge is 0.449 e. The zero-order chi connectivity index (χ0) is 54.9. The molecule has 1 aliphatic heterocycles. The van der Waals surface area contributed by atoms with Crippen molar-refractivity contribution in [1.29, 1.82) is 0 Å². The fourth-order valence-corrected chi connectivity index (χ4v) is 11.7. The molecule has 0 spiro atoms. The minimum atomic E-state index is -0.108. The summed E-state index contributed by atoms with van der Waals surface area (Å²) < 4.78 is 5.85. The molecule has 8 nitrogen and oxygen atoms in total. The lowest BCUT2D eigenvalue weighted by Gasteiger charge is -2.23. The van der Waals surface area contributed by atoms with Gasteiger partial charge in [0.25, 0.3) is 0 Å². The van der Waals surface area contributed by atoms with Crippen molar-refractivity contribution >= 4 is 17.9 Å². The second-order valence-corrected chi connectivity index (χ2v) is 24.3. The Bertz CT molecular complexity index is 1150. The van der Waals surface area contributed by atoms with Gasteiger partial charge in [0.15, 0.2) is 0 Å². The molecule has 1 heterocycles. The van der Waals surface area contributed by atoms with E-state index in [4.69, 9.17) is 4.74 Å². The molecule has 0 aromatic heterocycles. The van der Waals surface area contributed by atoms with Gasteiger partial charge in [0.1, 0.15) is 0 Å². The van der Waals surface area contributed by atoms with Crippen molar-refractivity contribution in [3.8, 4) is 0 Å². The number of hydrogen-bond acceptors (Lipinski definition) is 5. The molecular formula is C68H134N4O4. The molecule has 2 atom stereocenters. The van der Waals surface area contributed by atoms with E-state index in [1.165, 1.54) is 270 Å². The van der Waals surface area contributed by atoms with Gasteiger partial charge in [0.2, 0.25) is 11.8 Å². The number of amides is 3. The Labute approximate surface area is 474 Å². The molecule has 0 saturated carbocycles. The SMILES string of the molecule is CCCCCCCCCCCCC(CCCCCC)C(=O)NCCCCCCCCCCN(CCCCCCCCCCNC(=O)C(CCCCCC)CCCCCCCCCCCC)C(=O)OCCCN1CCCC1. The van der Waals surface area contributed by atoms with Crippen LogP contribution in [0.1, 0.15) is 355 Å². The third-order valence-corrected chi connectivity index (χ3v) is 17.0. The van der Waals surface area contributed by atoms with Gasteiger partial charge in [-0.2, -0.15) is 0 Å². The van der Waals surface area contributed by atoms with Crippen molar-refractivity contribution in [2.45, 2.75) is 355 Å². The lowest BCUT2D eigenvalue weighted by Crippen LogP contribution is -2.34. The van der Waals surface area contributed by atoms with Gasteiger partial charge in [-0.3, -0.25) is 9.59 Å². The second-order valence-electron chi connectivity index (χ2n) is 24.3. The van der Waals surface area contributed by atoms with Crippen molar-refractivity contribution < 1.29 is 19.1 Å². The zero-order valence-electron chi connectivity index (χ0n) is 51.9. The van der Waals surface area contributed by atoms with E-state index in [0.717, 1.165) is 103 Å². The highest BCUT2D eigenvalue weighted by Crippen LogP contribution is 2.22. The molecule has 1 rings (SSSR count). The van der Waals surface area contributed by atoms with E-state index in [1.54, 1.807) is 0 Å². The van der Waals surface area contributed by atoms with Crippen molar-refractivity contribution in [2.24, 2.45) is 11.8 Å². The molecule has 76 heavy (non-hydrogen) atoms. The predicted molar refractivity (Wildman–Crippen MR) is 331 cm³/mol. The van der Waals surface area contributed by atoms with Crippen LogP contribution in [0.5, 0.6) is 0 Å². The second kappa shape index (κ2) is 57.8. The van der Waals surface area contributed by atoms with E-state index in [2.05, 4.69) is 43.2 Å². The normalized spacial score (nSPS) is 13.6. The highest BCUT2D eigenvalue weighted by molar-refractivity contribution is 5.79. The summed E-state index contributed by atoms with van der Waals surface area (Å²) in [7, 11) is 0. The van der Waals surface area contributed by atoms with Crippen LogP contribution in [0.4, 0.5) is 4.79 Å². The lowest BCUT2D eigenvalue weighted by atomic mass is 9.93. The van der Waals surface area contributed by atoms with Gasteiger partial charge in [0.05, 0.1) is 6.61 Å². The van der Waals surface area contributed by atoms with Gasteiger partial charge in [0, 0.05) is 44.6 Å². The molecule has 0 aliphatic carbocycles. The van der Waals surface area contributed by atoms with Crippen molar-refractivity contribution in [3.63, 3.8) is 0 Å². The molecule has 2 unspecified atom stereocenters. The minimum absolute atomic E-state index is 0.108. The number of likely N-dealkylation sites (tertiary alicyclic amines) is 1. The van der Waals surface area contributed by atoms with E-state index in [-0.39, 0.29) is 17.9 Å². The maximum Gasteiger partial charge on any atom is 0.409 e. The lowest BCUT2D eigenvalue weighted by molar-refractivity contribution is -0.126. The third-order valence-electron chi connectivity index (χ3n) is 17.0. The first-order valence-corrected chi connectivity index (χ1v) is 34.7. The molecular weight excluding hydrogens is 937 g/mol. The van der Waals surface area contributed by atoms with Crippen LogP contribution in [0.2, 0.25) is 0 Å². The Morgan fingerprint density at radius 2 is 0.645 bits per heavy atom. The van der Waals surface area contributed by atoms with Crippen LogP contribution in [0.3, 0.4) is 0 Å². The highest BCUT2D eigenvalue weighted by Gasteiger charge is 2.20. The number of nitrogens with one attached hydrogen (secondary N) is 2. The maximum absolute atomic E-state index is 13.3. The summed E-state index contributed by atoms with van der Waals surface area (Å²) in [6, 6.07) is 0. The molecule has 3 amide bonds. The number of rotatable bonds is 60. The van der Waals surface area contributed by atoms with Gasteiger partial charge < -0.3 is 25.2 Å². The molecule has 0 aromatic carbocycles. The molecule has 2 N–H and O–H groups in total. The average Bonchev–Trinajstić information content (AvgIpc) is 3.95. The predicted octanol–water partition coefficient (Wildman–Crippen LogP) is 20.2. The van der Waals surface area contributed by atoms with E-state index in [0.29, 0.717) is 18.4 Å². The fourth-order valence-electron chi connectivity index (χ4n) is 11.7. The van der Waals surface area contributed by atoms with E-state index in [1.807, 2.05) is 4.90 Å². The van der Waals surface area contributed by atoms with Crippen LogP contribution >= 0.6 is 0 Å². The smallest absolute Gasteiger partial charge is 0.409 e. The summed E-state index contributed by atoms with van der Waals surface area (Å²) in [5.41, 5.74) is 0. The first-order valence-electron chi connectivity index (χ1n) is 34.7. The monoisotopic (exact) mass is 1070 g/mol. The number of hydrogen-bond donors (Lipinski definition) is 2. The van der Waals surface area contributed by atoms with Crippen LogP contribution in [0.25, 0.3) is 0 Å². The summed E-state index contributed by atoms with van der Waals surface area (Å²) in [5.74, 6) is 1.04. The molecule has 0 radical (unpaired) electrons. The van der Waals surface area contributed by atoms with Gasteiger partial charge in [-0.05, 0) is 83.7 Å². The van der Waals surface area contributed by atoms with Crippen LogP contribution in [0.15, 0.2) is 0 Å². The summed E-state index contributed by atoms with van der Waals surface area (Å²) in [6.07, 6.45) is 63.5. The van der Waals surface area contributed by atoms with Crippen LogP contribution in [0, 0.1) is 11.8 Å². The van der Waals surface area contributed by atoms with Crippen LogP contribution in [-0.4, -0.2) is 80.1 Å². The molecule has 1 aliphatic rings. The number of carbonyl (C=O) groups excluding carboxylic acids is 3. The Kier molecular flexibility index (Phi) is 54.9. The van der Waals surface area contributed by atoms with Crippen LogP contribution < -0.4 is 10.6 Å². The van der Waals surface area contributed by atoms with E-state index in [9.17, 15) is 14.4 Å². The average molecular weight is 1070 g/mol. The van der Waals surface area contributed by atoms with Gasteiger partial charge in [-0.15, -0.1) is 0 Å². The summed E-state index contributed by atoms with van der Waals surface area (Å²) in [6.45, 7) is 16.3. The van der Waals surface area contributed by atoms with Gasteiger partial charge in [-0.1, -0.05) is 285 Å². The first kappa shape index (κ1) is 72.2.